The van der Waals surface area contributed by atoms with Gasteiger partial charge in [0.05, 0.1) is 18.6 Å². The molecule has 1 spiro atoms. The summed E-state index contributed by atoms with van der Waals surface area (Å²) >= 11 is 0. The van der Waals surface area contributed by atoms with Crippen molar-refractivity contribution in [3.63, 3.8) is 0 Å². The first kappa shape index (κ1) is 17.8. The number of hydrogen-bond acceptors (Lipinski definition) is 7. The van der Waals surface area contributed by atoms with Crippen LogP contribution in [0.3, 0.4) is 0 Å². The van der Waals surface area contributed by atoms with Crippen LogP contribution in [0.1, 0.15) is 36.8 Å². The Balaban J connectivity index is 1.65. The third kappa shape index (κ3) is 2.46. The van der Waals surface area contributed by atoms with Crippen LogP contribution < -0.4 is 9.47 Å². The molecule has 7 heteroatoms. The lowest BCUT2D eigenvalue weighted by Crippen LogP contribution is -2.47. The van der Waals surface area contributed by atoms with Gasteiger partial charge in [-0.15, -0.1) is 0 Å². The number of esters is 1. The van der Waals surface area contributed by atoms with Crippen molar-refractivity contribution in [1.82, 2.24) is 4.90 Å². The standard InChI is InChI=1S/C21H25NO6/c1-12(23)20(24)28-19-17(25-2)10-21-5-3-6-22(21)7-4-13-8-15-16(27-11-26-15)9-14(13)18(19)21/h8-10,12,18-19,23H,3-7,11H2,1-2H3/t12-,18-,19-,21+/m0/s1. The summed E-state index contributed by atoms with van der Waals surface area (Å²) in [4.78, 5) is 14.8. The van der Waals surface area contributed by atoms with Crippen LogP contribution in [-0.4, -0.2) is 60.7 Å². The van der Waals surface area contributed by atoms with E-state index in [1.54, 1.807) is 7.11 Å². The highest BCUT2D eigenvalue weighted by Crippen LogP contribution is 2.55. The van der Waals surface area contributed by atoms with E-state index in [4.69, 9.17) is 18.9 Å². The van der Waals surface area contributed by atoms with E-state index in [0.717, 1.165) is 49.4 Å². The third-order valence-corrected chi connectivity index (χ3v) is 6.55. The summed E-state index contributed by atoms with van der Waals surface area (Å²) in [6, 6.07) is 4.10. The summed E-state index contributed by atoms with van der Waals surface area (Å²) in [7, 11) is 1.61. The van der Waals surface area contributed by atoms with E-state index < -0.39 is 18.2 Å². The number of carbonyl (C=O) groups excluding carboxylic acids is 1. The molecule has 3 aliphatic heterocycles. The minimum absolute atomic E-state index is 0.111. The van der Waals surface area contributed by atoms with Crippen LogP contribution in [0.2, 0.25) is 0 Å². The van der Waals surface area contributed by atoms with Crippen molar-refractivity contribution in [2.75, 3.05) is 27.0 Å². The van der Waals surface area contributed by atoms with E-state index in [-0.39, 0.29) is 18.2 Å². The molecule has 1 saturated heterocycles. The van der Waals surface area contributed by atoms with E-state index in [0.29, 0.717) is 5.76 Å². The Hall–Kier alpha value is -2.25. The number of nitrogens with zero attached hydrogens (tertiary/aromatic N) is 1. The van der Waals surface area contributed by atoms with Gasteiger partial charge in [-0.1, -0.05) is 0 Å². The molecule has 4 aliphatic rings. The fourth-order valence-corrected chi connectivity index (χ4v) is 5.32. The normalized spacial score (nSPS) is 31.3. The van der Waals surface area contributed by atoms with Gasteiger partial charge in [0, 0.05) is 6.54 Å². The van der Waals surface area contributed by atoms with E-state index >= 15 is 0 Å². The molecule has 28 heavy (non-hydrogen) atoms. The Bertz CT molecular complexity index is 850. The summed E-state index contributed by atoms with van der Waals surface area (Å²) < 4.78 is 22.7. The monoisotopic (exact) mass is 387 g/mol. The average molecular weight is 387 g/mol. The summed E-state index contributed by atoms with van der Waals surface area (Å²) in [6.45, 7) is 3.57. The summed E-state index contributed by atoms with van der Waals surface area (Å²) in [5.74, 6) is 1.40. The predicted octanol–water partition coefficient (Wildman–Crippen LogP) is 1.73. The van der Waals surface area contributed by atoms with Crippen LogP contribution in [0.5, 0.6) is 11.5 Å². The first-order valence-electron chi connectivity index (χ1n) is 9.86. The van der Waals surface area contributed by atoms with Crippen molar-refractivity contribution in [1.29, 1.82) is 0 Å². The van der Waals surface area contributed by atoms with Crippen molar-refractivity contribution in [2.45, 2.75) is 49.9 Å². The maximum atomic E-state index is 12.3. The van der Waals surface area contributed by atoms with E-state index in [9.17, 15) is 9.90 Å². The van der Waals surface area contributed by atoms with Gasteiger partial charge < -0.3 is 24.1 Å². The fourth-order valence-electron chi connectivity index (χ4n) is 5.32. The molecule has 0 unspecified atom stereocenters. The van der Waals surface area contributed by atoms with E-state index in [2.05, 4.69) is 17.0 Å². The fraction of sp³-hybridized carbons (Fsp3) is 0.571. The topological polar surface area (TPSA) is 77.5 Å². The smallest absolute Gasteiger partial charge is 0.335 e. The molecule has 1 fully saturated rings. The summed E-state index contributed by atoms with van der Waals surface area (Å²) in [6.07, 6.45) is 3.34. The molecule has 0 radical (unpaired) electrons. The zero-order chi connectivity index (χ0) is 19.5. The van der Waals surface area contributed by atoms with Crippen LogP contribution in [0, 0.1) is 0 Å². The van der Waals surface area contributed by atoms with Gasteiger partial charge in [0.1, 0.15) is 11.9 Å². The lowest BCUT2D eigenvalue weighted by molar-refractivity contribution is -0.159. The molecule has 0 saturated carbocycles. The molecule has 3 heterocycles. The van der Waals surface area contributed by atoms with Gasteiger partial charge in [-0.25, -0.2) is 4.79 Å². The van der Waals surface area contributed by atoms with Gasteiger partial charge in [0.15, 0.2) is 17.6 Å². The SMILES string of the molecule is COC1=C[C@@]23CCCN2CCc2cc4c(cc2[C@H]3[C@H]1OC(=O)[C@H](C)O)OCO4. The zero-order valence-corrected chi connectivity index (χ0v) is 16.1. The second-order valence-corrected chi connectivity index (χ2v) is 8.00. The molecule has 1 aromatic rings. The first-order valence-corrected chi connectivity index (χ1v) is 9.86. The number of carbonyl (C=O) groups is 1. The molecule has 0 aromatic heterocycles. The molecule has 1 N–H and O–H groups in total. The molecular weight excluding hydrogens is 362 g/mol. The van der Waals surface area contributed by atoms with E-state index in [1.165, 1.54) is 12.5 Å². The van der Waals surface area contributed by atoms with Crippen molar-refractivity contribution in [3.05, 3.63) is 35.1 Å². The number of methoxy groups -OCH3 is 1. The Kier molecular flexibility index (Phi) is 4.07. The maximum Gasteiger partial charge on any atom is 0.335 e. The predicted molar refractivity (Wildman–Crippen MR) is 99.2 cm³/mol. The lowest BCUT2D eigenvalue weighted by atomic mass is 9.77. The van der Waals surface area contributed by atoms with Gasteiger partial charge in [-0.2, -0.15) is 0 Å². The molecule has 0 bridgehead atoms. The van der Waals surface area contributed by atoms with Crippen LogP contribution in [-0.2, 0) is 20.7 Å². The Morgan fingerprint density at radius 3 is 2.86 bits per heavy atom. The molecule has 0 amide bonds. The molecule has 1 aliphatic carbocycles. The minimum Gasteiger partial charge on any atom is -0.497 e. The highest BCUT2D eigenvalue weighted by atomic mass is 16.7. The number of hydrogen-bond donors (Lipinski definition) is 1. The molecule has 4 atom stereocenters. The van der Waals surface area contributed by atoms with Crippen molar-refractivity contribution in [2.24, 2.45) is 0 Å². The van der Waals surface area contributed by atoms with E-state index in [1.807, 2.05) is 6.07 Å². The quantitative estimate of drug-likeness (QED) is 0.792. The van der Waals surface area contributed by atoms with Crippen LogP contribution in [0.4, 0.5) is 0 Å². The minimum atomic E-state index is -1.18. The average Bonchev–Trinajstić information content (AvgIpc) is 3.35. The Morgan fingerprint density at radius 1 is 1.32 bits per heavy atom. The van der Waals surface area contributed by atoms with Crippen LogP contribution in [0.15, 0.2) is 24.0 Å². The molecule has 1 aromatic carbocycles. The highest BCUT2D eigenvalue weighted by Gasteiger charge is 2.58. The first-order chi connectivity index (χ1) is 13.5. The molecule has 7 nitrogen and oxygen atoms in total. The molecular formula is C21H25NO6. The van der Waals surface area contributed by atoms with Gasteiger partial charge in [0.2, 0.25) is 6.79 Å². The number of fused-ring (bicyclic) bond motifs is 3. The molecule has 5 rings (SSSR count). The highest BCUT2D eigenvalue weighted by molar-refractivity contribution is 5.74. The van der Waals surface area contributed by atoms with Gasteiger partial charge in [-0.05, 0) is 62.1 Å². The maximum absolute atomic E-state index is 12.3. The summed E-state index contributed by atoms with van der Waals surface area (Å²) in [5.41, 5.74) is 2.04. The second-order valence-electron chi connectivity index (χ2n) is 8.00. The van der Waals surface area contributed by atoms with Crippen molar-refractivity contribution < 1.29 is 28.8 Å². The van der Waals surface area contributed by atoms with Gasteiger partial charge >= 0.3 is 5.97 Å². The van der Waals surface area contributed by atoms with Crippen LogP contribution in [0.25, 0.3) is 0 Å². The number of ether oxygens (including phenoxy) is 4. The zero-order valence-electron chi connectivity index (χ0n) is 16.1. The second kappa shape index (κ2) is 6.39. The summed E-state index contributed by atoms with van der Waals surface area (Å²) in [5, 5.41) is 9.72. The largest absolute Gasteiger partial charge is 0.497 e. The number of aliphatic hydroxyl groups is 1. The Labute approximate surface area is 163 Å². The molecule has 150 valence electrons. The van der Waals surface area contributed by atoms with Crippen LogP contribution >= 0.6 is 0 Å². The van der Waals surface area contributed by atoms with Gasteiger partial charge in [0.25, 0.3) is 0 Å². The third-order valence-electron chi connectivity index (χ3n) is 6.55. The number of rotatable bonds is 3. The lowest BCUT2D eigenvalue weighted by Gasteiger charge is -2.39. The van der Waals surface area contributed by atoms with Crippen molar-refractivity contribution in [3.8, 4) is 11.5 Å². The van der Waals surface area contributed by atoms with Crippen molar-refractivity contribution >= 4 is 5.97 Å². The Morgan fingerprint density at radius 2 is 2.11 bits per heavy atom. The number of benzene rings is 1. The van der Waals surface area contributed by atoms with Gasteiger partial charge in [-0.3, -0.25) is 4.90 Å². The number of aliphatic hydroxyl groups excluding tert-OH is 1.